The van der Waals surface area contributed by atoms with Crippen molar-refractivity contribution in [3.05, 3.63) is 34.7 Å². The summed E-state index contributed by atoms with van der Waals surface area (Å²) in [5.41, 5.74) is 0.661. The Bertz CT molecular complexity index is 450. The summed E-state index contributed by atoms with van der Waals surface area (Å²) >= 11 is 4.42. The van der Waals surface area contributed by atoms with Gasteiger partial charge in [-0.3, -0.25) is 0 Å². The monoisotopic (exact) mass is 262 g/mol. The molecular formula is C9H5BrF2S. The van der Waals surface area contributed by atoms with Gasteiger partial charge in [0.25, 0.3) is 0 Å². The highest BCUT2D eigenvalue weighted by atomic mass is 79.9. The van der Waals surface area contributed by atoms with Gasteiger partial charge in [0.15, 0.2) is 0 Å². The standard InChI is InChI=1S/C9H5BrF2S/c10-3-5-1-6(11)2-8-9(5)7(12)4-13-8/h1-2,4H,3H2. The minimum absolute atomic E-state index is 0.269. The SMILES string of the molecule is Fc1cc(CBr)c2c(F)csc2c1. The van der Waals surface area contributed by atoms with Gasteiger partial charge in [0.2, 0.25) is 0 Å². The van der Waals surface area contributed by atoms with Crippen LogP contribution in [-0.2, 0) is 5.33 Å². The molecule has 13 heavy (non-hydrogen) atoms. The second-order valence-corrected chi connectivity index (χ2v) is 4.13. The number of fused-ring (bicyclic) bond motifs is 1. The topological polar surface area (TPSA) is 0 Å². The van der Waals surface area contributed by atoms with E-state index in [0.29, 0.717) is 21.0 Å². The quantitative estimate of drug-likeness (QED) is 0.680. The maximum Gasteiger partial charge on any atom is 0.142 e. The van der Waals surface area contributed by atoms with Crippen LogP contribution in [0, 0.1) is 11.6 Å². The Hall–Kier alpha value is -0.480. The van der Waals surface area contributed by atoms with E-state index in [9.17, 15) is 8.78 Å². The largest absolute Gasteiger partial charge is 0.207 e. The summed E-state index contributed by atoms with van der Waals surface area (Å²) in [6.07, 6.45) is 0. The molecule has 68 valence electrons. The van der Waals surface area contributed by atoms with Crippen LogP contribution in [0.25, 0.3) is 10.1 Å². The molecule has 0 aliphatic rings. The summed E-state index contributed by atoms with van der Waals surface area (Å²) in [5, 5.41) is 2.40. The molecule has 0 nitrogen and oxygen atoms in total. The average molecular weight is 263 g/mol. The Labute approximate surface area is 86.3 Å². The Balaban J connectivity index is 2.85. The van der Waals surface area contributed by atoms with E-state index in [1.54, 1.807) is 0 Å². The third-order valence-corrected chi connectivity index (χ3v) is 3.33. The number of hydrogen-bond acceptors (Lipinski definition) is 1. The maximum atomic E-state index is 13.2. The second kappa shape index (κ2) is 3.35. The van der Waals surface area contributed by atoms with E-state index >= 15 is 0 Å². The number of alkyl halides is 1. The summed E-state index contributed by atoms with van der Waals surface area (Å²) in [7, 11) is 0. The number of thiophene rings is 1. The normalized spacial score (nSPS) is 11.0. The molecule has 0 saturated heterocycles. The highest BCUT2D eigenvalue weighted by Crippen LogP contribution is 2.30. The van der Waals surface area contributed by atoms with Crippen LogP contribution < -0.4 is 0 Å². The Morgan fingerprint density at radius 2 is 2.08 bits per heavy atom. The first-order valence-electron chi connectivity index (χ1n) is 3.63. The summed E-state index contributed by atoms with van der Waals surface area (Å²) in [5.74, 6) is -0.585. The first-order valence-corrected chi connectivity index (χ1v) is 5.63. The summed E-state index contributed by atoms with van der Waals surface area (Å²) in [6.45, 7) is 0. The molecule has 2 rings (SSSR count). The van der Waals surface area contributed by atoms with Crippen LogP contribution in [0.4, 0.5) is 8.78 Å². The maximum absolute atomic E-state index is 13.2. The second-order valence-electron chi connectivity index (χ2n) is 2.66. The van der Waals surface area contributed by atoms with Gasteiger partial charge >= 0.3 is 0 Å². The van der Waals surface area contributed by atoms with Crippen molar-refractivity contribution in [3.63, 3.8) is 0 Å². The fourth-order valence-corrected chi connectivity index (χ4v) is 2.60. The molecule has 0 unspecified atom stereocenters. The van der Waals surface area contributed by atoms with E-state index in [4.69, 9.17) is 0 Å². The third-order valence-electron chi connectivity index (χ3n) is 1.82. The van der Waals surface area contributed by atoms with E-state index in [0.717, 1.165) is 0 Å². The van der Waals surface area contributed by atoms with E-state index in [2.05, 4.69) is 15.9 Å². The third kappa shape index (κ3) is 1.48. The average Bonchev–Trinajstić information content (AvgIpc) is 2.46. The molecule has 2 aromatic rings. The predicted octanol–water partition coefficient (Wildman–Crippen LogP) is 4.07. The fourth-order valence-electron chi connectivity index (χ4n) is 1.28. The van der Waals surface area contributed by atoms with Gasteiger partial charge in [-0.25, -0.2) is 8.78 Å². The lowest BCUT2D eigenvalue weighted by Crippen LogP contribution is -1.83. The van der Waals surface area contributed by atoms with Crippen LogP contribution >= 0.6 is 27.3 Å². The molecule has 0 radical (unpaired) electrons. The van der Waals surface area contributed by atoms with Crippen molar-refractivity contribution in [2.45, 2.75) is 5.33 Å². The van der Waals surface area contributed by atoms with Gasteiger partial charge in [-0.1, -0.05) is 15.9 Å². The van der Waals surface area contributed by atoms with Crippen LogP contribution in [0.3, 0.4) is 0 Å². The van der Waals surface area contributed by atoms with Gasteiger partial charge in [-0.15, -0.1) is 11.3 Å². The van der Waals surface area contributed by atoms with Crippen LogP contribution in [0.1, 0.15) is 5.56 Å². The molecule has 0 saturated carbocycles. The fraction of sp³-hybridized carbons (Fsp3) is 0.111. The molecule has 1 aromatic heterocycles. The minimum Gasteiger partial charge on any atom is -0.207 e. The van der Waals surface area contributed by atoms with Gasteiger partial charge in [-0.2, -0.15) is 0 Å². The molecule has 0 fully saturated rings. The molecule has 0 aliphatic heterocycles. The first kappa shape index (κ1) is 9.09. The number of benzene rings is 1. The smallest absolute Gasteiger partial charge is 0.142 e. The number of hydrogen-bond donors (Lipinski definition) is 0. The van der Waals surface area contributed by atoms with Gasteiger partial charge in [0.1, 0.15) is 11.6 Å². The van der Waals surface area contributed by atoms with Crippen molar-refractivity contribution in [3.8, 4) is 0 Å². The van der Waals surface area contributed by atoms with Crippen LogP contribution in [0.15, 0.2) is 17.5 Å². The Kier molecular flexibility index (Phi) is 2.34. The van der Waals surface area contributed by atoms with Crippen molar-refractivity contribution < 1.29 is 8.78 Å². The summed E-state index contributed by atoms with van der Waals surface area (Å²) in [6, 6.07) is 2.71. The van der Waals surface area contributed by atoms with E-state index in [-0.39, 0.29) is 11.6 Å². The molecule has 1 aromatic carbocycles. The first-order chi connectivity index (χ1) is 6.22. The predicted molar refractivity (Wildman–Crippen MR) is 54.4 cm³/mol. The summed E-state index contributed by atoms with van der Waals surface area (Å²) < 4.78 is 26.8. The lowest BCUT2D eigenvalue weighted by Gasteiger charge is -1.98. The van der Waals surface area contributed by atoms with E-state index in [1.165, 1.54) is 28.8 Å². The van der Waals surface area contributed by atoms with Gasteiger partial charge in [0, 0.05) is 20.8 Å². The van der Waals surface area contributed by atoms with E-state index in [1.807, 2.05) is 0 Å². The van der Waals surface area contributed by atoms with Crippen molar-refractivity contribution in [2.24, 2.45) is 0 Å². The summed E-state index contributed by atoms with van der Waals surface area (Å²) in [4.78, 5) is 0. The van der Waals surface area contributed by atoms with E-state index < -0.39 is 0 Å². The molecule has 1 heterocycles. The number of rotatable bonds is 1. The lowest BCUT2D eigenvalue weighted by atomic mass is 10.1. The molecule has 0 atom stereocenters. The zero-order valence-electron chi connectivity index (χ0n) is 6.48. The van der Waals surface area contributed by atoms with Crippen molar-refractivity contribution in [1.29, 1.82) is 0 Å². The van der Waals surface area contributed by atoms with Crippen molar-refractivity contribution in [2.75, 3.05) is 0 Å². The Morgan fingerprint density at radius 1 is 1.31 bits per heavy atom. The zero-order chi connectivity index (χ0) is 9.42. The van der Waals surface area contributed by atoms with Gasteiger partial charge in [-0.05, 0) is 17.7 Å². The van der Waals surface area contributed by atoms with Gasteiger partial charge < -0.3 is 0 Å². The molecule has 0 aliphatic carbocycles. The van der Waals surface area contributed by atoms with Crippen LogP contribution in [0.2, 0.25) is 0 Å². The van der Waals surface area contributed by atoms with Crippen molar-refractivity contribution >= 4 is 37.4 Å². The highest BCUT2D eigenvalue weighted by molar-refractivity contribution is 9.08. The molecule has 0 N–H and O–H groups in total. The molecule has 0 spiro atoms. The molecular weight excluding hydrogens is 258 g/mol. The molecule has 0 bridgehead atoms. The molecule has 0 amide bonds. The lowest BCUT2D eigenvalue weighted by molar-refractivity contribution is 0.627. The minimum atomic E-state index is -0.316. The Morgan fingerprint density at radius 3 is 2.77 bits per heavy atom. The van der Waals surface area contributed by atoms with Crippen LogP contribution in [0.5, 0.6) is 0 Å². The van der Waals surface area contributed by atoms with Crippen LogP contribution in [-0.4, -0.2) is 0 Å². The molecule has 4 heteroatoms. The van der Waals surface area contributed by atoms with Gasteiger partial charge in [0.05, 0.1) is 0 Å². The van der Waals surface area contributed by atoms with Crippen molar-refractivity contribution in [1.82, 2.24) is 0 Å². The zero-order valence-corrected chi connectivity index (χ0v) is 8.88. The number of halogens is 3. The highest BCUT2D eigenvalue weighted by Gasteiger charge is 2.09.